The van der Waals surface area contributed by atoms with Crippen LogP contribution < -0.4 is 0 Å². The highest BCUT2D eigenvalue weighted by Gasteiger charge is 2.26. The first-order valence-electron chi connectivity index (χ1n) is 8.69. The number of aromatic nitrogens is 2. The van der Waals surface area contributed by atoms with Crippen molar-refractivity contribution in [3.05, 3.63) is 23.2 Å². The third-order valence-electron chi connectivity index (χ3n) is 4.22. The van der Waals surface area contributed by atoms with Gasteiger partial charge < -0.3 is 14.2 Å². The number of nitrogens with zero attached hydrogens (tertiary/aromatic N) is 3. The van der Waals surface area contributed by atoms with E-state index in [4.69, 9.17) is 16.3 Å². The number of rotatable bonds is 5. The van der Waals surface area contributed by atoms with Crippen molar-refractivity contribution < 1.29 is 9.53 Å². The van der Waals surface area contributed by atoms with E-state index < -0.39 is 0 Å². The van der Waals surface area contributed by atoms with Gasteiger partial charge in [0.05, 0.1) is 29.0 Å². The molecule has 1 aliphatic heterocycles. The van der Waals surface area contributed by atoms with E-state index in [1.807, 2.05) is 36.9 Å². The fraction of sp³-hybridized carbons (Fsp3) is 0.556. The van der Waals surface area contributed by atoms with Crippen molar-refractivity contribution >= 4 is 40.3 Å². The van der Waals surface area contributed by atoms with Crippen LogP contribution in [0.3, 0.4) is 0 Å². The van der Waals surface area contributed by atoms with Crippen LogP contribution in [0.4, 0.5) is 0 Å². The number of aryl methyl sites for hydroxylation is 1. The molecule has 0 aliphatic carbocycles. The second-order valence-electron chi connectivity index (χ2n) is 6.52. The minimum Gasteiger partial charge on any atom is -0.372 e. The second kappa shape index (κ2) is 7.98. The SMILES string of the molecule is CCCn1c(SCC(=O)N2CC(C)OC(C)C2)nc2cc(Cl)ccc21. The lowest BCUT2D eigenvalue weighted by Gasteiger charge is -2.35. The zero-order valence-electron chi connectivity index (χ0n) is 14.9. The van der Waals surface area contributed by atoms with Crippen LogP contribution in [0, 0.1) is 0 Å². The normalized spacial score (nSPS) is 21.0. The van der Waals surface area contributed by atoms with Gasteiger partial charge in [-0.3, -0.25) is 4.79 Å². The maximum absolute atomic E-state index is 12.6. The van der Waals surface area contributed by atoms with E-state index in [0.717, 1.165) is 29.2 Å². The van der Waals surface area contributed by atoms with E-state index >= 15 is 0 Å². The lowest BCUT2D eigenvalue weighted by molar-refractivity contribution is -0.140. The molecule has 0 N–H and O–H groups in total. The minimum absolute atomic E-state index is 0.0875. The van der Waals surface area contributed by atoms with Crippen LogP contribution in [0.5, 0.6) is 0 Å². The summed E-state index contributed by atoms with van der Waals surface area (Å²) in [5.41, 5.74) is 1.94. The van der Waals surface area contributed by atoms with Gasteiger partial charge in [0.25, 0.3) is 0 Å². The van der Waals surface area contributed by atoms with Gasteiger partial charge in [-0.15, -0.1) is 0 Å². The van der Waals surface area contributed by atoms with Crippen molar-refractivity contribution in [1.82, 2.24) is 14.5 Å². The fourth-order valence-electron chi connectivity index (χ4n) is 3.23. The molecular weight excluding hydrogens is 358 g/mol. The van der Waals surface area contributed by atoms with Gasteiger partial charge in [-0.2, -0.15) is 0 Å². The Labute approximate surface area is 157 Å². The second-order valence-corrected chi connectivity index (χ2v) is 7.90. The number of halogens is 1. The fourth-order valence-corrected chi connectivity index (χ4v) is 4.34. The number of thioether (sulfide) groups is 1. The minimum atomic E-state index is 0.0875. The number of carbonyl (C=O) groups excluding carboxylic acids is 1. The van der Waals surface area contributed by atoms with Crippen molar-refractivity contribution in [3.63, 3.8) is 0 Å². The molecule has 0 bridgehead atoms. The van der Waals surface area contributed by atoms with Crippen molar-refractivity contribution in [2.75, 3.05) is 18.8 Å². The first kappa shape index (κ1) is 18.5. The average molecular weight is 382 g/mol. The molecule has 25 heavy (non-hydrogen) atoms. The number of amides is 1. The molecule has 0 radical (unpaired) electrons. The van der Waals surface area contributed by atoms with E-state index in [0.29, 0.717) is 23.9 Å². The molecule has 136 valence electrons. The van der Waals surface area contributed by atoms with Gasteiger partial charge in [-0.25, -0.2) is 4.98 Å². The molecule has 1 aromatic carbocycles. The predicted octanol–water partition coefficient (Wildman–Crippen LogP) is 3.83. The topological polar surface area (TPSA) is 47.4 Å². The molecule has 0 spiro atoms. The van der Waals surface area contributed by atoms with E-state index in [9.17, 15) is 4.79 Å². The van der Waals surface area contributed by atoms with Gasteiger partial charge in [-0.05, 0) is 38.5 Å². The zero-order chi connectivity index (χ0) is 18.0. The highest BCUT2D eigenvalue weighted by Crippen LogP contribution is 2.27. The molecule has 2 aromatic rings. The summed E-state index contributed by atoms with van der Waals surface area (Å²) in [6, 6.07) is 5.76. The Morgan fingerprint density at radius 2 is 2.08 bits per heavy atom. The molecule has 2 unspecified atom stereocenters. The maximum Gasteiger partial charge on any atom is 0.233 e. The van der Waals surface area contributed by atoms with Crippen LogP contribution >= 0.6 is 23.4 Å². The molecule has 3 rings (SSSR count). The Bertz CT molecular complexity index is 754. The Hall–Kier alpha value is -1.24. The quantitative estimate of drug-likeness (QED) is 0.738. The molecule has 1 aliphatic rings. The predicted molar refractivity (Wildman–Crippen MR) is 102 cm³/mol. The van der Waals surface area contributed by atoms with Crippen LogP contribution in [0.15, 0.2) is 23.4 Å². The van der Waals surface area contributed by atoms with Crippen LogP contribution in [-0.2, 0) is 16.1 Å². The molecular formula is C18H24ClN3O2S. The first-order valence-corrected chi connectivity index (χ1v) is 10.1. The number of carbonyl (C=O) groups is 1. The zero-order valence-corrected chi connectivity index (χ0v) is 16.4. The van der Waals surface area contributed by atoms with Gasteiger partial charge in [0, 0.05) is 24.7 Å². The van der Waals surface area contributed by atoms with Gasteiger partial charge in [-0.1, -0.05) is 30.3 Å². The number of fused-ring (bicyclic) bond motifs is 1. The van der Waals surface area contributed by atoms with Crippen LogP contribution in [0.1, 0.15) is 27.2 Å². The molecule has 5 nitrogen and oxygen atoms in total. The van der Waals surface area contributed by atoms with Crippen LogP contribution in [0.25, 0.3) is 11.0 Å². The number of ether oxygens (including phenoxy) is 1. The standard InChI is InChI=1S/C18H24ClN3O2S/c1-4-7-22-16-6-5-14(19)8-15(16)20-18(22)25-11-17(23)21-9-12(2)24-13(3)10-21/h5-6,8,12-13H,4,7,9-11H2,1-3H3. The lowest BCUT2D eigenvalue weighted by Crippen LogP contribution is -2.48. The molecule has 1 saturated heterocycles. The summed E-state index contributed by atoms with van der Waals surface area (Å²) in [6.45, 7) is 8.34. The summed E-state index contributed by atoms with van der Waals surface area (Å²) >= 11 is 7.58. The van der Waals surface area contributed by atoms with E-state index in [-0.39, 0.29) is 18.1 Å². The number of morpholine rings is 1. The van der Waals surface area contributed by atoms with Gasteiger partial charge in [0.2, 0.25) is 5.91 Å². The number of benzene rings is 1. The highest BCUT2D eigenvalue weighted by molar-refractivity contribution is 7.99. The molecule has 7 heteroatoms. The first-order chi connectivity index (χ1) is 12.0. The number of hydrogen-bond acceptors (Lipinski definition) is 4. The molecule has 0 saturated carbocycles. The monoisotopic (exact) mass is 381 g/mol. The van der Waals surface area contributed by atoms with Crippen molar-refractivity contribution in [3.8, 4) is 0 Å². The summed E-state index contributed by atoms with van der Waals surface area (Å²) in [7, 11) is 0. The van der Waals surface area contributed by atoms with Gasteiger partial charge in [0.15, 0.2) is 5.16 Å². The summed E-state index contributed by atoms with van der Waals surface area (Å²) in [5, 5.41) is 1.55. The molecule has 1 amide bonds. The van der Waals surface area contributed by atoms with Crippen molar-refractivity contribution in [1.29, 1.82) is 0 Å². The number of hydrogen-bond donors (Lipinski definition) is 0. The Balaban J connectivity index is 1.74. The molecule has 1 fully saturated rings. The van der Waals surface area contributed by atoms with E-state index in [1.165, 1.54) is 11.8 Å². The third-order valence-corrected chi connectivity index (χ3v) is 5.42. The van der Waals surface area contributed by atoms with Gasteiger partial charge in [0.1, 0.15) is 0 Å². The maximum atomic E-state index is 12.6. The highest BCUT2D eigenvalue weighted by atomic mass is 35.5. The smallest absolute Gasteiger partial charge is 0.233 e. The van der Waals surface area contributed by atoms with Crippen molar-refractivity contribution in [2.24, 2.45) is 0 Å². The lowest BCUT2D eigenvalue weighted by atomic mass is 10.2. The number of imidazole rings is 1. The van der Waals surface area contributed by atoms with E-state index in [1.54, 1.807) is 0 Å². The van der Waals surface area contributed by atoms with Crippen LogP contribution in [0.2, 0.25) is 5.02 Å². The van der Waals surface area contributed by atoms with Crippen molar-refractivity contribution in [2.45, 2.75) is 51.1 Å². The Morgan fingerprint density at radius 3 is 2.76 bits per heavy atom. The summed E-state index contributed by atoms with van der Waals surface area (Å²) in [5.74, 6) is 0.528. The van der Waals surface area contributed by atoms with Crippen LogP contribution in [-0.4, -0.2) is 51.4 Å². The largest absolute Gasteiger partial charge is 0.372 e. The average Bonchev–Trinajstić information content (AvgIpc) is 2.89. The summed E-state index contributed by atoms with van der Waals surface area (Å²) in [4.78, 5) is 19.2. The Kier molecular flexibility index (Phi) is 5.92. The third kappa shape index (κ3) is 4.30. The molecule has 2 atom stereocenters. The summed E-state index contributed by atoms with van der Waals surface area (Å²) in [6.07, 6.45) is 1.18. The van der Waals surface area contributed by atoms with Gasteiger partial charge >= 0.3 is 0 Å². The molecule has 2 heterocycles. The Morgan fingerprint density at radius 1 is 1.36 bits per heavy atom. The molecule has 1 aromatic heterocycles. The summed E-state index contributed by atoms with van der Waals surface area (Å²) < 4.78 is 7.88. The van der Waals surface area contributed by atoms with E-state index in [2.05, 4.69) is 16.5 Å².